The monoisotopic (exact) mass is 345 g/mol. The van der Waals surface area contributed by atoms with E-state index in [9.17, 15) is 14.7 Å². The molecule has 0 bridgehead atoms. The molecule has 0 spiro atoms. The van der Waals surface area contributed by atoms with Gasteiger partial charge in [0.2, 0.25) is 5.88 Å². The van der Waals surface area contributed by atoms with Crippen LogP contribution in [-0.4, -0.2) is 21.8 Å². The molecule has 124 valence electrons. The van der Waals surface area contributed by atoms with Crippen LogP contribution in [0.5, 0.6) is 5.88 Å². The van der Waals surface area contributed by atoms with Gasteiger partial charge >= 0.3 is 0 Å². The summed E-state index contributed by atoms with van der Waals surface area (Å²) in [5, 5.41) is 10.7. The van der Waals surface area contributed by atoms with Crippen LogP contribution in [0, 0.1) is 6.92 Å². The van der Waals surface area contributed by atoms with E-state index in [1.165, 1.54) is 19.2 Å². The van der Waals surface area contributed by atoms with Crippen LogP contribution in [-0.2, 0) is 6.54 Å². The van der Waals surface area contributed by atoms with E-state index < -0.39 is 17.3 Å². The lowest BCUT2D eigenvalue weighted by atomic mass is 10.0. The molecule has 0 atom stereocenters. The molecule has 6 nitrogen and oxygen atoms in total. The van der Waals surface area contributed by atoms with E-state index in [4.69, 9.17) is 17.3 Å². The van der Waals surface area contributed by atoms with Gasteiger partial charge in [-0.1, -0.05) is 23.7 Å². The molecule has 7 heteroatoms. The first-order chi connectivity index (χ1) is 11.4. The average Bonchev–Trinajstić information content (AvgIpc) is 2.51. The normalized spacial score (nSPS) is 10.9. The maximum atomic E-state index is 12.5. The van der Waals surface area contributed by atoms with Gasteiger partial charge in [-0.25, -0.2) is 0 Å². The number of allylic oxidation sites excluding steroid dienone is 1. The zero-order valence-electron chi connectivity index (χ0n) is 13.0. The summed E-state index contributed by atoms with van der Waals surface area (Å²) in [6.45, 7) is 5.09. The number of hydrogen-bond donors (Lipinski definition) is 2. The number of aromatic hydroxyl groups is 1. The van der Waals surface area contributed by atoms with Crippen molar-refractivity contribution in [3.05, 3.63) is 69.0 Å². The zero-order chi connectivity index (χ0) is 17.9. The molecule has 24 heavy (non-hydrogen) atoms. The Bertz CT molecular complexity index is 901. The summed E-state index contributed by atoms with van der Waals surface area (Å²) in [6, 6.07) is 6.78. The van der Waals surface area contributed by atoms with Crippen molar-refractivity contribution in [2.75, 3.05) is 0 Å². The molecule has 1 amide bonds. The molecule has 0 saturated carbocycles. The van der Waals surface area contributed by atoms with Crippen molar-refractivity contribution >= 4 is 29.4 Å². The number of amides is 1. The van der Waals surface area contributed by atoms with Crippen molar-refractivity contribution in [3.8, 4) is 5.88 Å². The van der Waals surface area contributed by atoms with E-state index in [2.05, 4.69) is 11.6 Å². The molecule has 1 heterocycles. The minimum Gasteiger partial charge on any atom is -0.494 e. The molecule has 1 aromatic heterocycles. The number of aliphatic imine (C=N–C) groups is 1. The van der Waals surface area contributed by atoms with Crippen LogP contribution < -0.4 is 11.3 Å². The molecule has 0 radical (unpaired) electrons. The second-order valence-electron chi connectivity index (χ2n) is 5.04. The van der Waals surface area contributed by atoms with Gasteiger partial charge in [-0.15, -0.1) is 6.58 Å². The van der Waals surface area contributed by atoms with Crippen LogP contribution in [0.25, 0.3) is 0 Å². The van der Waals surface area contributed by atoms with E-state index >= 15 is 0 Å². The Morgan fingerprint density at radius 2 is 2.21 bits per heavy atom. The second kappa shape index (κ2) is 7.14. The third-order valence-corrected chi connectivity index (χ3v) is 3.68. The van der Waals surface area contributed by atoms with Gasteiger partial charge in [-0.05, 0) is 30.7 Å². The fourth-order valence-electron chi connectivity index (χ4n) is 2.28. The lowest BCUT2D eigenvalue weighted by molar-refractivity contribution is 0.0995. The first kappa shape index (κ1) is 17.5. The number of carbonyl (C=O) groups excluding carboxylic acids is 1. The van der Waals surface area contributed by atoms with Gasteiger partial charge in [0, 0.05) is 17.8 Å². The van der Waals surface area contributed by atoms with E-state index in [0.29, 0.717) is 10.7 Å². The van der Waals surface area contributed by atoms with Gasteiger partial charge in [0.1, 0.15) is 5.56 Å². The van der Waals surface area contributed by atoms with E-state index in [1.807, 2.05) is 0 Å². The molecule has 3 N–H and O–H groups in total. The summed E-state index contributed by atoms with van der Waals surface area (Å²) >= 11 is 5.90. The molecule has 0 aliphatic rings. The molecule has 0 saturated heterocycles. The van der Waals surface area contributed by atoms with Crippen molar-refractivity contribution in [3.63, 3.8) is 0 Å². The highest BCUT2D eigenvalue weighted by Gasteiger charge is 2.21. The number of nitrogens with two attached hydrogens (primary N) is 1. The number of primary amides is 1. The largest absolute Gasteiger partial charge is 0.494 e. The Morgan fingerprint density at radius 3 is 2.79 bits per heavy atom. The topological polar surface area (TPSA) is 97.7 Å². The standard InChI is InChI=1S/C17H16ClN3O3/c1-3-7-21-16(23)13(10(2)14(15(19)22)17(21)24)9-20-12-6-4-5-11(18)8-12/h3-6,8-9,24H,1,7H2,2H3,(H2,19,22). The Morgan fingerprint density at radius 1 is 1.50 bits per heavy atom. The van der Waals surface area contributed by atoms with Gasteiger partial charge in [-0.3, -0.25) is 19.1 Å². The molecule has 0 aliphatic carbocycles. The summed E-state index contributed by atoms with van der Waals surface area (Å²) in [5.41, 5.74) is 5.67. The number of halogens is 1. The van der Waals surface area contributed by atoms with Crippen LogP contribution in [0.3, 0.4) is 0 Å². The number of nitrogens with zero attached hydrogens (tertiary/aromatic N) is 2. The van der Waals surface area contributed by atoms with Gasteiger partial charge < -0.3 is 10.8 Å². The number of aromatic nitrogens is 1. The predicted octanol–water partition coefficient (Wildman–Crippen LogP) is 2.55. The summed E-state index contributed by atoms with van der Waals surface area (Å²) in [6.07, 6.45) is 2.76. The lowest BCUT2D eigenvalue weighted by Crippen LogP contribution is -2.28. The van der Waals surface area contributed by atoms with E-state index in [-0.39, 0.29) is 23.2 Å². The van der Waals surface area contributed by atoms with Crippen molar-refractivity contribution in [2.24, 2.45) is 10.7 Å². The highest BCUT2D eigenvalue weighted by atomic mass is 35.5. The van der Waals surface area contributed by atoms with Crippen molar-refractivity contribution in [2.45, 2.75) is 13.5 Å². The fraction of sp³-hybridized carbons (Fsp3) is 0.118. The van der Waals surface area contributed by atoms with Crippen LogP contribution in [0.4, 0.5) is 5.69 Å². The van der Waals surface area contributed by atoms with Gasteiger partial charge in [0.15, 0.2) is 0 Å². The molecule has 0 fully saturated rings. The number of pyridine rings is 1. The number of carbonyl (C=O) groups is 1. The molecule has 0 aliphatic heterocycles. The Hall–Kier alpha value is -2.86. The number of hydrogen-bond acceptors (Lipinski definition) is 4. The van der Waals surface area contributed by atoms with E-state index in [1.54, 1.807) is 24.3 Å². The summed E-state index contributed by atoms with van der Waals surface area (Å²) in [4.78, 5) is 28.4. The maximum absolute atomic E-state index is 12.5. The quantitative estimate of drug-likeness (QED) is 0.643. The van der Waals surface area contributed by atoms with Crippen LogP contribution >= 0.6 is 11.6 Å². The van der Waals surface area contributed by atoms with Crippen molar-refractivity contribution < 1.29 is 9.90 Å². The SMILES string of the molecule is C=CCn1c(O)c(C(N)=O)c(C)c(C=Nc2cccc(Cl)c2)c1=O. The molecular weight excluding hydrogens is 330 g/mol. The minimum atomic E-state index is -0.833. The van der Waals surface area contributed by atoms with Gasteiger partial charge in [0.05, 0.1) is 11.3 Å². The summed E-state index contributed by atoms with van der Waals surface area (Å²) in [5.74, 6) is -1.31. The molecule has 0 unspecified atom stereocenters. The second-order valence-corrected chi connectivity index (χ2v) is 5.48. The van der Waals surface area contributed by atoms with Crippen LogP contribution in [0.15, 0.2) is 46.7 Å². The first-order valence-corrected chi connectivity index (χ1v) is 7.41. The highest BCUT2D eigenvalue weighted by molar-refractivity contribution is 6.30. The molecular formula is C17H16ClN3O3. The third kappa shape index (κ3) is 3.38. The van der Waals surface area contributed by atoms with Crippen LogP contribution in [0.2, 0.25) is 5.02 Å². The Kier molecular flexibility index (Phi) is 5.21. The minimum absolute atomic E-state index is 0.0310. The van der Waals surface area contributed by atoms with Gasteiger partial charge in [-0.2, -0.15) is 0 Å². The average molecular weight is 346 g/mol. The Labute approximate surface area is 143 Å². The maximum Gasteiger partial charge on any atom is 0.262 e. The molecule has 2 rings (SSSR count). The van der Waals surface area contributed by atoms with E-state index in [0.717, 1.165) is 4.57 Å². The number of rotatable bonds is 5. The van der Waals surface area contributed by atoms with Crippen LogP contribution in [0.1, 0.15) is 21.5 Å². The number of benzene rings is 1. The predicted molar refractivity (Wildman–Crippen MR) is 94.5 cm³/mol. The zero-order valence-corrected chi connectivity index (χ0v) is 13.7. The lowest BCUT2D eigenvalue weighted by Gasteiger charge is -2.13. The fourth-order valence-corrected chi connectivity index (χ4v) is 2.46. The summed E-state index contributed by atoms with van der Waals surface area (Å²) < 4.78 is 1.01. The summed E-state index contributed by atoms with van der Waals surface area (Å²) in [7, 11) is 0. The third-order valence-electron chi connectivity index (χ3n) is 3.44. The van der Waals surface area contributed by atoms with Crippen molar-refractivity contribution in [1.29, 1.82) is 0 Å². The smallest absolute Gasteiger partial charge is 0.262 e. The van der Waals surface area contributed by atoms with Crippen molar-refractivity contribution in [1.82, 2.24) is 4.57 Å². The first-order valence-electron chi connectivity index (χ1n) is 7.03. The molecule has 2 aromatic rings. The Balaban J connectivity index is 2.66. The molecule has 1 aromatic carbocycles. The van der Waals surface area contributed by atoms with Gasteiger partial charge in [0.25, 0.3) is 11.5 Å². The highest BCUT2D eigenvalue weighted by Crippen LogP contribution is 2.22.